The van der Waals surface area contributed by atoms with Crippen LogP contribution in [0.1, 0.15) is 13.3 Å². The highest BCUT2D eigenvalue weighted by atomic mass is 16.5. The van der Waals surface area contributed by atoms with Gasteiger partial charge in [-0.3, -0.25) is 4.79 Å². The zero-order valence-corrected chi connectivity index (χ0v) is 9.60. The minimum atomic E-state index is -0.808. The van der Waals surface area contributed by atoms with Crippen molar-refractivity contribution in [2.75, 3.05) is 26.8 Å². The van der Waals surface area contributed by atoms with E-state index < -0.39 is 5.97 Å². The number of nitrogens with zero attached hydrogens (tertiary/aromatic N) is 1. The molecule has 0 aromatic carbocycles. The van der Waals surface area contributed by atoms with E-state index in [0.29, 0.717) is 19.7 Å². The van der Waals surface area contributed by atoms with Crippen molar-refractivity contribution < 1.29 is 19.4 Å². The van der Waals surface area contributed by atoms with Crippen LogP contribution in [-0.4, -0.2) is 54.9 Å². The van der Waals surface area contributed by atoms with Crippen molar-refractivity contribution in [3.05, 3.63) is 0 Å². The molecule has 0 aromatic heterocycles. The summed E-state index contributed by atoms with van der Waals surface area (Å²) in [5.74, 6) is -0.709. The Hall–Kier alpha value is -1.30. The maximum atomic E-state index is 11.6. The number of urea groups is 1. The van der Waals surface area contributed by atoms with Crippen molar-refractivity contribution in [3.8, 4) is 0 Å². The average molecular weight is 230 g/mol. The van der Waals surface area contributed by atoms with Gasteiger partial charge in [0.1, 0.15) is 0 Å². The number of ether oxygens (including phenoxy) is 1. The van der Waals surface area contributed by atoms with Gasteiger partial charge in [0.25, 0.3) is 0 Å². The number of hydrogen-bond donors (Lipinski definition) is 2. The maximum Gasteiger partial charge on any atom is 0.317 e. The molecule has 0 spiro atoms. The number of aliphatic carboxylic acids is 1. The molecule has 2 N–H and O–H groups in total. The molecular weight excluding hydrogens is 212 g/mol. The van der Waals surface area contributed by atoms with Gasteiger partial charge in [-0.1, -0.05) is 0 Å². The quantitative estimate of drug-likeness (QED) is 0.704. The molecule has 92 valence electrons. The van der Waals surface area contributed by atoms with E-state index in [0.717, 1.165) is 0 Å². The summed E-state index contributed by atoms with van der Waals surface area (Å²) in [5.41, 5.74) is 0. The van der Waals surface area contributed by atoms with Crippen LogP contribution < -0.4 is 5.32 Å². The number of carboxylic acid groups (broad SMARTS) is 1. The van der Waals surface area contributed by atoms with Crippen LogP contribution in [0, 0.1) is 5.92 Å². The number of nitrogens with one attached hydrogen (secondary N) is 1. The summed E-state index contributed by atoms with van der Waals surface area (Å²) in [6, 6.07) is -0.179. The van der Waals surface area contributed by atoms with Crippen LogP contribution in [0.5, 0.6) is 0 Å². The molecule has 1 aliphatic heterocycles. The SMILES string of the molecule is COCC(C)NC(=O)N1CC(CC(=O)O)C1. The first-order chi connectivity index (χ1) is 7.52. The second kappa shape index (κ2) is 5.69. The van der Waals surface area contributed by atoms with Crippen LogP contribution in [0.4, 0.5) is 4.79 Å². The summed E-state index contributed by atoms with van der Waals surface area (Å²) in [5, 5.41) is 11.3. The molecule has 1 aliphatic rings. The molecule has 1 unspecified atom stereocenters. The van der Waals surface area contributed by atoms with Crippen molar-refractivity contribution in [3.63, 3.8) is 0 Å². The predicted molar refractivity (Wildman–Crippen MR) is 57.2 cm³/mol. The van der Waals surface area contributed by atoms with E-state index in [9.17, 15) is 9.59 Å². The first-order valence-electron chi connectivity index (χ1n) is 5.29. The first kappa shape index (κ1) is 12.8. The topological polar surface area (TPSA) is 78.9 Å². The smallest absolute Gasteiger partial charge is 0.317 e. The van der Waals surface area contributed by atoms with Gasteiger partial charge in [-0.25, -0.2) is 4.79 Å². The van der Waals surface area contributed by atoms with E-state index >= 15 is 0 Å². The van der Waals surface area contributed by atoms with Crippen LogP contribution in [-0.2, 0) is 9.53 Å². The Morgan fingerprint density at radius 2 is 2.19 bits per heavy atom. The van der Waals surface area contributed by atoms with Crippen LogP contribution >= 0.6 is 0 Å². The zero-order chi connectivity index (χ0) is 12.1. The van der Waals surface area contributed by atoms with Gasteiger partial charge in [-0.05, 0) is 6.92 Å². The molecule has 1 heterocycles. The number of carboxylic acids is 1. The Balaban J connectivity index is 2.19. The van der Waals surface area contributed by atoms with E-state index in [1.54, 1.807) is 12.0 Å². The molecule has 2 amide bonds. The van der Waals surface area contributed by atoms with Gasteiger partial charge in [0, 0.05) is 26.1 Å². The fourth-order valence-corrected chi connectivity index (χ4v) is 1.71. The Morgan fingerprint density at radius 3 is 2.69 bits per heavy atom. The van der Waals surface area contributed by atoms with Crippen molar-refractivity contribution in [1.29, 1.82) is 0 Å². The summed E-state index contributed by atoms with van der Waals surface area (Å²) in [6.45, 7) is 3.38. The highest BCUT2D eigenvalue weighted by molar-refractivity contribution is 5.76. The second-order valence-electron chi connectivity index (χ2n) is 4.17. The minimum absolute atomic E-state index is 0.0315. The van der Waals surface area contributed by atoms with E-state index in [4.69, 9.17) is 9.84 Å². The van der Waals surface area contributed by atoms with Gasteiger partial charge < -0.3 is 20.1 Å². The lowest BCUT2D eigenvalue weighted by Crippen LogP contribution is -2.56. The van der Waals surface area contributed by atoms with Crippen LogP contribution in [0.2, 0.25) is 0 Å². The molecule has 0 bridgehead atoms. The van der Waals surface area contributed by atoms with Gasteiger partial charge in [0.05, 0.1) is 19.1 Å². The number of rotatable bonds is 5. The van der Waals surface area contributed by atoms with Crippen LogP contribution in [0.15, 0.2) is 0 Å². The van der Waals surface area contributed by atoms with Gasteiger partial charge in [0.15, 0.2) is 0 Å². The number of carbonyl (C=O) groups excluding carboxylic acids is 1. The molecule has 1 atom stereocenters. The summed E-state index contributed by atoms with van der Waals surface area (Å²) in [4.78, 5) is 23.6. The third kappa shape index (κ3) is 3.69. The predicted octanol–water partition coefficient (Wildman–Crippen LogP) is 0.137. The summed E-state index contributed by atoms with van der Waals surface area (Å²) < 4.78 is 4.90. The highest BCUT2D eigenvalue weighted by Crippen LogP contribution is 2.18. The fourth-order valence-electron chi connectivity index (χ4n) is 1.71. The molecule has 1 saturated heterocycles. The monoisotopic (exact) mass is 230 g/mol. The van der Waals surface area contributed by atoms with Gasteiger partial charge in [-0.15, -0.1) is 0 Å². The highest BCUT2D eigenvalue weighted by Gasteiger charge is 2.32. The third-order valence-corrected chi connectivity index (χ3v) is 2.49. The molecule has 0 saturated carbocycles. The lowest BCUT2D eigenvalue weighted by Gasteiger charge is -2.39. The fraction of sp³-hybridized carbons (Fsp3) is 0.800. The van der Waals surface area contributed by atoms with Crippen molar-refractivity contribution >= 4 is 12.0 Å². The van der Waals surface area contributed by atoms with Gasteiger partial charge in [-0.2, -0.15) is 0 Å². The van der Waals surface area contributed by atoms with Crippen molar-refractivity contribution in [2.24, 2.45) is 5.92 Å². The Bertz CT molecular complexity index is 264. The first-order valence-corrected chi connectivity index (χ1v) is 5.29. The molecular formula is C10H18N2O4. The summed E-state index contributed by atoms with van der Waals surface area (Å²) >= 11 is 0. The molecule has 16 heavy (non-hydrogen) atoms. The van der Waals surface area contributed by atoms with Crippen molar-refractivity contribution in [1.82, 2.24) is 10.2 Å². The molecule has 1 fully saturated rings. The van der Waals surface area contributed by atoms with Crippen LogP contribution in [0.3, 0.4) is 0 Å². The van der Waals surface area contributed by atoms with E-state index in [1.165, 1.54) is 0 Å². The standard InChI is InChI=1S/C10H18N2O4/c1-7(6-16-2)11-10(15)12-4-8(5-12)3-9(13)14/h7-8H,3-6H2,1-2H3,(H,11,15)(H,13,14). The molecule has 0 aliphatic carbocycles. The molecule has 0 radical (unpaired) electrons. The van der Waals surface area contributed by atoms with Gasteiger partial charge >= 0.3 is 12.0 Å². The zero-order valence-electron chi connectivity index (χ0n) is 9.60. The van der Waals surface area contributed by atoms with Crippen molar-refractivity contribution in [2.45, 2.75) is 19.4 Å². The summed E-state index contributed by atoms with van der Waals surface area (Å²) in [7, 11) is 1.58. The second-order valence-corrected chi connectivity index (χ2v) is 4.17. The minimum Gasteiger partial charge on any atom is -0.481 e. The summed E-state index contributed by atoms with van der Waals surface area (Å²) in [6.07, 6.45) is 0.136. The average Bonchev–Trinajstić information content (AvgIpc) is 2.10. The largest absolute Gasteiger partial charge is 0.481 e. The maximum absolute atomic E-state index is 11.6. The number of methoxy groups -OCH3 is 1. The molecule has 0 aromatic rings. The lowest BCUT2D eigenvalue weighted by molar-refractivity contribution is -0.139. The molecule has 6 heteroatoms. The number of likely N-dealkylation sites (tertiary alicyclic amines) is 1. The molecule has 1 rings (SSSR count). The van der Waals surface area contributed by atoms with E-state index in [2.05, 4.69) is 5.32 Å². The Morgan fingerprint density at radius 1 is 1.56 bits per heavy atom. The number of hydrogen-bond acceptors (Lipinski definition) is 3. The van der Waals surface area contributed by atoms with E-state index in [-0.39, 0.29) is 24.4 Å². The number of carbonyl (C=O) groups is 2. The Labute approximate surface area is 94.6 Å². The Kier molecular flexibility index (Phi) is 4.54. The number of amides is 2. The lowest BCUT2D eigenvalue weighted by atomic mass is 9.97. The van der Waals surface area contributed by atoms with E-state index in [1.807, 2.05) is 6.92 Å². The third-order valence-electron chi connectivity index (χ3n) is 2.49. The van der Waals surface area contributed by atoms with Gasteiger partial charge in [0.2, 0.25) is 0 Å². The van der Waals surface area contributed by atoms with Crippen LogP contribution in [0.25, 0.3) is 0 Å². The normalized spacial score (nSPS) is 17.8. The molecule has 6 nitrogen and oxygen atoms in total.